The van der Waals surface area contributed by atoms with Gasteiger partial charge in [0.05, 0.1) is 26.2 Å². The van der Waals surface area contributed by atoms with Gasteiger partial charge in [-0.15, -0.1) is 0 Å². The zero-order valence-electron chi connectivity index (χ0n) is 24.5. The zero-order chi connectivity index (χ0) is 30.2. The number of amides is 2. The number of hydrogen-bond acceptors (Lipinski definition) is 6. The number of nitrogens with zero attached hydrogens (tertiary/aromatic N) is 2. The minimum absolute atomic E-state index is 0.106. The number of aryl methyl sites for hydroxylation is 1. The maximum atomic E-state index is 14.2. The lowest BCUT2D eigenvalue weighted by atomic mass is 10.0. The number of sulfonamides is 1. The maximum absolute atomic E-state index is 14.2. The lowest BCUT2D eigenvalue weighted by Gasteiger charge is -2.34. The number of carbonyl (C=O) groups excluding carboxylic acids is 2. The Morgan fingerprint density at radius 3 is 2.12 bits per heavy atom. The molecule has 1 unspecified atom stereocenters. The van der Waals surface area contributed by atoms with Gasteiger partial charge in [0, 0.05) is 25.1 Å². The van der Waals surface area contributed by atoms with E-state index in [1.54, 1.807) is 12.1 Å². The van der Waals surface area contributed by atoms with Crippen LogP contribution in [0.5, 0.6) is 11.5 Å². The van der Waals surface area contributed by atoms with Crippen LogP contribution in [-0.4, -0.2) is 64.2 Å². The molecule has 220 valence electrons. The highest BCUT2D eigenvalue weighted by Crippen LogP contribution is 2.34. The van der Waals surface area contributed by atoms with Crippen molar-refractivity contribution in [3.63, 3.8) is 0 Å². The van der Waals surface area contributed by atoms with E-state index in [1.165, 1.54) is 25.2 Å². The van der Waals surface area contributed by atoms with Crippen molar-refractivity contribution >= 4 is 27.5 Å². The van der Waals surface area contributed by atoms with Crippen LogP contribution in [0.25, 0.3) is 0 Å². The standard InChI is InChI=1S/C31H39N3O6S/c1-22(2)32-31(36)28(18-24-10-8-7-9-11-24)33(20-25-14-12-23(3)13-15-25)30(35)21-34(41(6,37)38)27-19-26(39-4)16-17-29(27)40-5/h7-17,19,22,28H,18,20-21H2,1-6H3,(H,32,36). The SMILES string of the molecule is COc1ccc(OC)c(N(CC(=O)N(Cc2ccc(C)cc2)C(Cc2ccccc2)C(=O)NC(C)C)S(C)(=O)=O)c1. The van der Waals surface area contributed by atoms with Crippen LogP contribution in [0.4, 0.5) is 5.69 Å². The molecule has 0 aliphatic heterocycles. The summed E-state index contributed by atoms with van der Waals surface area (Å²) >= 11 is 0. The molecule has 41 heavy (non-hydrogen) atoms. The molecule has 1 N–H and O–H groups in total. The Bertz CT molecular complexity index is 1430. The van der Waals surface area contributed by atoms with Gasteiger partial charge in [-0.3, -0.25) is 13.9 Å². The fraction of sp³-hybridized carbons (Fsp3) is 0.355. The second-order valence-electron chi connectivity index (χ2n) is 10.2. The third-order valence-corrected chi connectivity index (χ3v) is 7.64. The first-order valence-electron chi connectivity index (χ1n) is 13.3. The molecule has 0 aliphatic rings. The van der Waals surface area contributed by atoms with Crippen LogP contribution < -0.4 is 19.1 Å². The zero-order valence-corrected chi connectivity index (χ0v) is 25.3. The van der Waals surface area contributed by atoms with Gasteiger partial charge in [-0.25, -0.2) is 8.42 Å². The number of ether oxygens (including phenoxy) is 2. The van der Waals surface area contributed by atoms with E-state index < -0.39 is 28.5 Å². The van der Waals surface area contributed by atoms with Crippen molar-refractivity contribution in [2.75, 3.05) is 31.3 Å². The monoisotopic (exact) mass is 581 g/mol. The predicted octanol–water partition coefficient (Wildman–Crippen LogP) is 3.94. The largest absolute Gasteiger partial charge is 0.497 e. The van der Waals surface area contributed by atoms with Gasteiger partial charge >= 0.3 is 0 Å². The first-order valence-corrected chi connectivity index (χ1v) is 15.2. The summed E-state index contributed by atoms with van der Waals surface area (Å²) in [6.07, 6.45) is 1.27. The van der Waals surface area contributed by atoms with Crippen LogP contribution in [0.15, 0.2) is 72.8 Å². The van der Waals surface area contributed by atoms with Gasteiger partial charge < -0.3 is 19.7 Å². The molecule has 0 radical (unpaired) electrons. The lowest BCUT2D eigenvalue weighted by molar-refractivity contribution is -0.140. The predicted molar refractivity (Wildman–Crippen MR) is 161 cm³/mol. The second-order valence-corrected chi connectivity index (χ2v) is 12.1. The van der Waals surface area contributed by atoms with Crippen LogP contribution in [0, 0.1) is 6.92 Å². The van der Waals surface area contributed by atoms with Crippen LogP contribution in [0.3, 0.4) is 0 Å². The van der Waals surface area contributed by atoms with Gasteiger partial charge in [0.15, 0.2) is 0 Å². The van der Waals surface area contributed by atoms with Crippen molar-refractivity contribution in [3.05, 3.63) is 89.5 Å². The van der Waals surface area contributed by atoms with Gasteiger partial charge in [-0.2, -0.15) is 0 Å². The molecule has 0 saturated heterocycles. The Balaban J connectivity index is 2.10. The number of nitrogens with one attached hydrogen (secondary N) is 1. The van der Waals surface area contributed by atoms with Crippen LogP contribution in [0.2, 0.25) is 0 Å². The first kappa shape index (κ1) is 31.5. The van der Waals surface area contributed by atoms with Gasteiger partial charge in [0.1, 0.15) is 24.1 Å². The van der Waals surface area contributed by atoms with Gasteiger partial charge in [0.25, 0.3) is 0 Å². The van der Waals surface area contributed by atoms with E-state index in [9.17, 15) is 18.0 Å². The molecule has 9 nitrogen and oxygen atoms in total. The average molecular weight is 582 g/mol. The molecule has 10 heteroatoms. The highest BCUT2D eigenvalue weighted by atomic mass is 32.2. The molecule has 0 aliphatic carbocycles. The van der Waals surface area contributed by atoms with Gasteiger partial charge in [0.2, 0.25) is 21.8 Å². The van der Waals surface area contributed by atoms with Gasteiger partial charge in [-0.1, -0.05) is 60.2 Å². The number of hydrogen-bond donors (Lipinski definition) is 1. The van der Waals surface area contributed by atoms with Crippen LogP contribution >= 0.6 is 0 Å². The maximum Gasteiger partial charge on any atom is 0.244 e. The van der Waals surface area contributed by atoms with Crippen molar-refractivity contribution in [2.45, 2.75) is 45.8 Å². The molecule has 3 rings (SSSR count). The fourth-order valence-electron chi connectivity index (χ4n) is 4.41. The topological polar surface area (TPSA) is 105 Å². The number of benzene rings is 3. The smallest absolute Gasteiger partial charge is 0.244 e. The molecular weight excluding hydrogens is 542 g/mol. The fourth-order valence-corrected chi connectivity index (χ4v) is 5.26. The summed E-state index contributed by atoms with van der Waals surface area (Å²) in [5.74, 6) is -0.209. The van der Waals surface area contributed by atoms with Crippen molar-refractivity contribution in [2.24, 2.45) is 0 Å². The number of methoxy groups -OCH3 is 2. The molecule has 3 aromatic carbocycles. The van der Waals surface area contributed by atoms with Crippen LogP contribution in [0.1, 0.15) is 30.5 Å². The number of carbonyl (C=O) groups is 2. The third-order valence-electron chi connectivity index (χ3n) is 6.51. The first-order chi connectivity index (χ1) is 19.4. The summed E-state index contributed by atoms with van der Waals surface area (Å²) in [7, 11) is -1.07. The molecule has 0 saturated carbocycles. The Labute approximate surface area is 243 Å². The Morgan fingerprint density at radius 1 is 0.902 bits per heavy atom. The van der Waals surface area contributed by atoms with E-state index in [4.69, 9.17) is 9.47 Å². The summed E-state index contributed by atoms with van der Waals surface area (Å²) < 4.78 is 37.9. The molecule has 0 fully saturated rings. The van der Waals surface area contributed by atoms with E-state index >= 15 is 0 Å². The minimum atomic E-state index is -3.96. The van der Waals surface area contributed by atoms with E-state index in [2.05, 4.69) is 5.32 Å². The Kier molecular flexibility index (Phi) is 10.8. The van der Waals surface area contributed by atoms with E-state index in [-0.39, 0.29) is 36.4 Å². The number of rotatable bonds is 13. The van der Waals surface area contributed by atoms with E-state index in [0.717, 1.165) is 27.3 Å². The minimum Gasteiger partial charge on any atom is -0.497 e. The van der Waals surface area contributed by atoms with Crippen molar-refractivity contribution in [1.29, 1.82) is 0 Å². The lowest BCUT2D eigenvalue weighted by Crippen LogP contribution is -2.54. The summed E-state index contributed by atoms with van der Waals surface area (Å²) in [6, 6.07) is 20.7. The molecule has 1 atom stereocenters. The highest BCUT2D eigenvalue weighted by molar-refractivity contribution is 7.92. The molecule has 0 heterocycles. The highest BCUT2D eigenvalue weighted by Gasteiger charge is 2.34. The molecule has 0 aromatic heterocycles. The van der Waals surface area contributed by atoms with E-state index in [0.29, 0.717) is 5.75 Å². The van der Waals surface area contributed by atoms with Crippen LogP contribution in [-0.2, 0) is 32.6 Å². The van der Waals surface area contributed by atoms with Crippen molar-refractivity contribution in [3.8, 4) is 11.5 Å². The summed E-state index contributed by atoms with van der Waals surface area (Å²) in [4.78, 5) is 29.3. The molecule has 3 aromatic rings. The summed E-state index contributed by atoms with van der Waals surface area (Å²) in [5, 5.41) is 2.94. The summed E-state index contributed by atoms with van der Waals surface area (Å²) in [6.45, 7) is 5.23. The van der Waals surface area contributed by atoms with E-state index in [1.807, 2.05) is 75.4 Å². The Hall–Kier alpha value is -4.05. The average Bonchev–Trinajstić information content (AvgIpc) is 2.93. The molecular formula is C31H39N3O6S. The van der Waals surface area contributed by atoms with Crippen molar-refractivity contribution < 1.29 is 27.5 Å². The quantitative estimate of drug-likeness (QED) is 0.328. The molecule has 0 bridgehead atoms. The van der Waals surface area contributed by atoms with Crippen molar-refractivity contribution in [1.82, 2.24) is 10.2 Å². The third kappa shape index (κ3) is 8.72. The molecule has 0 spiro atoms. The number of anilines is 1. The second kappa shape index (κ2) is 14.0. The normalized spacial score (nSPS) is 12.0. The summed E-state index contributed by atoms with van der Waals surface area (Å²) in [5.41, 5.74) is 2.89. The Morgan fingerprint density at radius 2 is 1.56 bits per heavy atom. The van der Waals surface area contributed by atoms with Gasteiger partial charge in [-0.05, 0) is 44.0 Å². The molecule has 2 amide bonds.